The number of aromatic nitrogens is 2. The van der Waals surface area contributed by atoms with E-state index in [1.807, 2.05) is 6.92 Å². The smallest absolute Gasteiger partial charge is 0.326 e. The third kappa shape index (κ3) is 6.29. The highest BCUT2D eigenvalue weighted by Gasteiger charge is 2.45. The van der Waals surface area contributed by atoms with Crippen LogP contribution in [0.2, 0.25) is 0 Å². The van der Waals surface area contributed by atoms with Crippen molar-refractivity contribution in [1.29, 1.82) is 0 Å². The molecule has 4 atom stereocenters. The molecule has 0 spiro atoms. The third-order valence-corrected chi connectivity index (χ3v) is 9.08. The number of aliphatic carboxylic acids is 1. The number of sulfonamides is 1. The Labute approximate surface area is 223 Å². The van der Waals surface area contributed by atoms with Gasteiger partial charge in [-0.1, -0.05) is 13.8 Å². The van der Waals surface area contributed by atoms with E-state index in [-0.39, 0.29) is 23.8 Å². The van der Waals surface area contributed by atoms with Crippen LogP contribution >= 0.6 is 0 Å². The molecule has 1 fully saturated rings. The highest BCUT2D eigenvalue weighted by Crippen LogP contribution is 2.30. The van der Waals surface area contributed by atoms with Gasteiger partial charge < -0.3 is 25.6 Å². The Kier molecular flexibility index (Phi) is 8.31. The van der Waals surface area contributed by atoms with Gasteiger partial charge in [0, 0.05) is 37.7 Å². The molecule has 11 nitrogen and oxygen atoms in total. The number of hydrogen-bond donors (Lipinski definition) is 5. The number of nitrogens with one attached hydrogen (secondary N) is 4. The molecule has 2 aliphatic rings. The lowest BCUT2D eigenvalue weighted by Crippen LogP contribution is -2.62. The lowest BCUT2D eigenvalue weighted by molar-refractivity contribution is -0.155. The van der Waals surface area contributed by atoms with Crippen LogP contribution < -0.4 is 15.4 Å². The van der Waals surface area contributed by atoms with E-state index in [2.05, 4.69) is 32.2 Å². The highest BCUT2D eigenvalue weighted by molar-refractivity contribution is 7.89. The first-order chi connectivity index (χ1) is 18.0. The summed E-state index contributed by atoms with van der Waals surface area (Å²) < 4.78 is 30.0. The number of carboxylic acids is 1. The van der Waals surface area contributed by atoms with Gasteiger partial charge in [0.15, 0.2) is 5.95 Å². The number of likely N-dealkylation sites (tertiary alicyclic amines) is 1. The first-order valence-electron chi connectivity index (χ1n) is 13.2. The molecular weight excluding hydrogens is 508 g/mol. The summed E-state index contributed by atoms with van der Waals surface area (Å²) in [6.07, 6.45) is 5.66. The quantitative estimate of drug-likeness (QED) is 0.285. The van der Waals surface area contributed by atoms with Crippen LogP contribution in [0.4, 0.5) is 11.6 Å². The van der Waals surface area contributed by atoms with Gasteiger partial charge >= 0.3 is 5.97 Å². The molecule has 4 rings (SSSR count). The summed E-state index contributed by atoms with van der Waals surface area (Å²) in [6, 6.07) is 3.96. The number of aromatic amines is 1. The number of carbonyl (C=O) groups excluding carboxylic acids is 1. The van der Waals surface area contributed by atoms with Crippen molar-refractivity contribution in [2.45, 2.75) is 69.4 Å². The van der Waals surface area contributed by atoms with E-state index in [0.717, 1.165) is 24.2 Å². The van der Waals surface area contributed by atoms with Crippen LogP contribution in [0.3, 0.4) is 0 Å². The van der Waals surface area contributed by atoms with E-state index >= 15 is 0 Å². The van der Waals surface area contributed by atoms with Crippen LogP contribution in [-0.4, -0.2) is 71.5 Å². The third-order valence-electron chi connectivity index (χ3n) is 7.48. The second-order valence-electron chi connectivity index (χ2n) is 10.9. The Balaban J connectivity index is 1.59. The van der Waals surface area contributed by atoms with E-state index in [1.165, 1.54) is 11.0 Å². The summed E-state index contributed by atoms with van der Waals surface area (Å²) in [6.45, 7) is 7.15. The first-order valence-corrected chi connectivity index (χ1v) is 14.6. The molecular formula is C26H38N6O5S. The molecule has 1 saturated heterocycles. The molecule has 2 aromatic rings. The Morgan fingerprint density at radius 1 is 1.26 bits per heavy atom. The number of piperidine rings is 1. The van der Waals surface area contributed by atoms with Gasteiger partial charge in [-0.2, -0.15) is 4.72 Å². The number of carbonyl (C=O) groups is 2. The number of anilines is 2. The first kappa shape index (κ1) is 27.9. The molecule has 3 heterocycles. The highest BCUT2D eigenvalue weighted by atomic mass is 32.2. The topological polar surface area (TPSA) is 157 Å². The van der Waals surface area contributed by atoms with E-state index < -0.39 is 33.5 Å². The van der Waals surface area contributed by atoms with Crippen LogP contribution in [0.15, 0.2) is 35.5 Å². The second kappa shape index (κ2) is 11.3. The predicted octanol–water partition coefficient (Wildman–Crippen LogP) is 2.65. The second-order valence-corrected chi connectivity index (χ2v) is 12.6. The van der Waals surface area contributed by atoms with E-state index in [0.29, 0.717) is 37.7 Å². The molecule has 38 heavy (non-hydrogen) atoms. The van der Waals surface area contributed by atoms with Gasteiger partial charge in [0.05, 0.1) is 4.90 Å². The predicted molar refractivity (Wildman–Crippen MR) is 144 cm³/mol. The molecule has 1 aromatic heterocycles. The summed E-state index contributed by atoms with van der Waals surface area (Å²) in [5, 5.41) is 16.3. The number of amides is 1. The van der Waals surface area contributed by atoms with Crippen molar-refractivity contribution in [3.8, 4) is 0 Å². The van der Waals surface area contributed by atoms with Crippen LogP contribution in [0.25, 0.3) is 0 Å². The zero-order chi connectivity index (χ0) is 27.5. The number of carboxylic acid groups (broad SMARTS) is 1. The number of rotatable bonds is 10. The van der Waals surface area contributed by atoms with Crippen molar-refractivity contribution in [3.63, 3.8) is 0 Å². The number of hydrogen-bond acceptors (Lipinski definition) is 7. The zero-order valence-corrected chi connectivity index (χ0v) is 23.0. The molecule has 208 valence electrons. The number of benzene rings is 1. The monoisotopic (exact) mass is 546 g/mol. The average molecular weight is 547 g/mol. The van der Waals surface area contributed by atoms with E-state index in [9.17, 15) is 23.1 Å². The molecule has 0 bridgehead atoms. The van der Waals surface area contributed by atoms with Crippen LogP contribution in [0.5, 0.6) is 0 Å². The summed E-state index contributed by atoms with van der Waals surface area (Å²) in [5.41, 5.74) is 0.286. The van der Waals surface area contributed by atoms with Crippen molar-refractivity contribution >= 4 is 33.5 Å². The maximum absolute atomic E-state index is 13.9. The Hall–Kier alpha value is -3.12. The normalized spacial score (nSPS) is 23.1. The number of imidazole rings is 1. The standard InChI is InChI=1S/C26H38N6O5S/c1-17-7-12-32(22(14-17)23(33)34)24(35)26(3,8-4-9-27-25-28-10-11-29-25)31-38(36,37)20-5-6-21-19(15-20)13-18(2)16-30-21/h5-6,10-11,15,17-18,22,30-31H,4,7-9,12-14,16H2,1-3H3,(H,33,34)(H2,27,28,29)/t17?,18?,22?,26-/m0/s1. The average Bonchev–Trinajstić information content (AvgIpc) is 3.39. The van der Waals surface area contributed by atoms with E-state index in [4.69, 9.17) is 0 Å². The molecule has 0 radical (unpaired) electrons. The van der Waals surface area contributed by atoms with Gasteiger partial charge in [-0.05, 0) is 74.6 Å². The molecule has 12 heteroatoms. The molecule has 1 amide bonds. The molecule has 0 saturated carbocycles. The lowest BCUT2D eigenvalue weighted by Gasteiger charge is -2.41. The maximum atomic E-state index is 13.9. The van der Waals surface area contributed by atoms with Crippen molar-refractivity contribution in [2.75, 3.05) is 30.3 Å². The summed E-state index contributed by atoms with van der Waals surface area (Å²) in [5.74, 6) is -0.493. The van der Waals surface area contributed by atoms with Gasteiger partial charge in [-0.3, -0.25) is 4.79 Å². The molecule has 2 aliphatic heterocycles. The van der Waals surface area contributed by atoms with Crippen LogP contribution in [0.1, 0.15) is 52.0 Å². The number of H-pyrrole nitrogens is 1. The van der Waals surface area contributed by atoms with Crippen molar-refractivity contribution in [2.24, 2.45) is 11.8 Å². The summed E-state index contributed by atoms with van der Waals surface area (Å²) in [4.78, 5) is 34.5. The van der Waals surface area contributed by atoms with Crippen molar-refractivity contribution in [3.05, 3.63) is 36.2 Å². The Bertz CT molecular complexity index is 1250. The fourth-order valence-electron chi connectivity index (χ4n) is 5.31. The zero-order valence-electron chi connectivity index (χ0n) is 22.2. The Morgan fingerprint density at radius 3 is 2.76 bits per heavy atom. The molecule has 3 unspecified atom stereocenters. The number of fused-ring (bicyclic) bond motifs is 1. The van der Waals surface area contributed by atoms with Gasteiger partial charge in [0.2, 0.25) is 15.9 Å². The maximum Gasteiger partial charge on any atom is 0.326 e. The van der Waals surface area contributed by atoms with Crippen molar-refractivity contribution in [1.82, 2.24) is 19.6 Å². The largest absolute Gasteiger partial charge is 0.480 e. The Morgan fingerprint density at radius 2 is 2.05 bits per heavy atom. The fourth-order valence-corrected chi connectivity index (χ4v) is 6.76. The van der Waals surface area contributed by atoms with E-state index in [1.54, 1.807) is 31.5 Å². The van der Waals surface area contributed by atoms with Crippen molar-refractivity contribution < 1.29 is 23.1 Å². The molecule has 5 N–H and O–H groups in total. The minimum Gasteiger partial charge on any atom is -0.480 e. The molecule has 1 aromatic carbocycles. The lowest BCUT2D eigenvalue weighted by atomic mass is 9.88. The molecule has 0 aliphatic carbocycles. The van der Waals surface area contributed by atoms with Crippen LogP contribution in [0, 0.1) is 11.8 Å². The SMILES string of the molecule is CC1CNc2ccc(S(=O)(=O)N[C@@](C)(CCCNc3ncc[nH]3)C(=O)N3CCC(C)CC3C(=O)O)cc2C1. The van der Waals surface area contributed by atoms with Gasteiger partial charge in [-0.25, -0.2) is 18.2 Å². The summed E-state index contributed by atoms with van der Waals surface area (Å²) in [7, 11) is -4.09. The number of nitrogens with zero attached hydrogens (tertiary/aromatic N) is 2. The fraction of sp³-hybridized carbons (Fsp3) is 0.577. The minimum absolute atomic E-state index is 0.0851. The van der Waals surface area contributed by atoms with Gasteiger partial charge in [0.25, 0.3) is 0 Å². The van der Waals surface area contributed by atoms with Gasteiger partial charge in [0.1, 0.15) is 11.6 Å². The summed E-state index contributed by atoms with van der Waals surface area (Å²) >= 11 is 0. The van der Waals surface area contributed by atoms with Gasteiger partial charge in [-0.15, -0.1) is 0 Å². The van der Waals surface area contributed by atoms with Crippen LogP contribution in [-0.2, 0) is 26.0 Å². The minimum atomic E-state index is -4.09.